The Morgan fingerprint density at radius 1 is 1.19 bits per heavy atom. The van der Waals surface area contributed by atoms with Gasteiger partial charge in [0, 0.05) is 24.3 Å². The lowest BCUT2D eigenvalue weighted by molar-refractivity contribution is -0.754. The largest absolute Gasteiger partial charge is 0.440 e. The molecule has 0 fully saturated rings. The summed E-state index contributed by atoms with van der Waals surface area (Å²) in [5.74, 6) is 1.23. The molecule has 0 spiro atoms. The third-order valence-electron chi connectivity index (χ3n) is 5.48. The van der Waals surface area contributed by atoms with Crippen molar-refractivity contribution in [3.8, 4) is 17.4 Å². The smallest absolute Gasteiger partial charge is 0.437 e. The number of carbonyl (C=O) groups is 1. The van der Waals surface area contributed by atoms with E-state index in [2.05, 4.69) is 22.4 Å². The number of carbonyl (C=O) groups excluding carboxylic acids is 1. The summed E-state index contributed by atoms with van der Waals surface area (Å²) in [6, 6.07) is 13.6. The van der Waals surface area contributed by atoms with Gasteiger partial charge in [0.1, 0.15) is 11.3 Å². The lowest BCUT2D eigenvalue weighted by Gasteiger charge is -2.10. The van der Waals surface area contributed by atoms with Crippen LogP contribution in [0.15, 0.2) is 48.7 Å². The second-order valence-corrected chi connectivity index (χ2v) is 7.73. The Bertz CT molecular complexity index is 1300. The molecule has 9 nitrogen and oxygen atoms in total. The van der Waals surface area contributed by atoms with Crippen LogP contribution in [-0.4, -0.2) is 32.0 Å². The maximum absolute atomic E-state index is 11.9. The van der Waals surface area contributed by atoms with Crippen molar-refractivity contribution in [2.75, 3.05) is 11.9 Å². The molecule has 3 N–H and O–H groups in total. The van der Waals surface area contributed by atoms with Crippen molar-refractivity contribution in [1.29, 1.82) is 0 Å². The molecule has 0 saturated heterocycles. The van der Waals surface area contributed by atoms with E-state index < -0.39 is 5.91 Å². The number of amides is 1. The number of nitrogens with one attached hydrogen (secondary N) is 1. The van der Waals surface area contributed by atoms with E-state index in [1.807, 2.05) is 40.4 Å². The number of nitrogens with zero attached hydrogens (tertiary/aromatic N) is 5. The molecule has 1 aromatic carbocycles. The molecule has 0 aliphatic carbocycles. The molecule has 4 heterocycles. The topological polar surface area (TPSA) is 111 Å². The fourth-order valence-electron chi connectivity index (χ4n) is 3.92. The number of aromatic nitrogens is 5. The number of fused-ring (bicyclic) bond motifs is 2. The quantitative estimate of drug-likeness (QED) is 0.470. The van der Waals surface area contributed by atoms with E-state index in [1.54, 1.807) is 12.1 Å². The van der Waals surface area contributed by atoms with E-state index in [9.17, 15) is 4.79 Å². The first-order valence-electron chi connectivity index (χ1n) is 10.6. The molecule has 32 heavy (non-hydrogen) atoms. The highest BCUT2D eigenvalue weighted by atomic mass is 16.5. The Labute approximate surface area is 184 Å². The Hall–Kier alpha value is -4.01. The first-order chi connectivity index (χ1) is 15.6. The van der Waals surface area contributed by atoms with E-state index in [-0.39, 0.29) is 0 Å². The molecule has 1 amide bonds. The zero-order chi connectivity index (χ0) is 22.1. The summed E-state index contributed by atoms with van der Waals surface area (Å²) >= 11 is 0. The molecule has 0 saturated carbocycles. The fourth-order valence-corrected chi connectivity index (χ4v) is 3.92. The predicted molar refractivity (Wildman–Crippen MR) is 118 cm³/mol. The minimum atomic E-state index is -0.525. The molecule has 0 radical (unpaired) electrons. The average Bonchev–Trinajstić information content (AvgIpc) is 2.96. The Morgan fingerprint density at radius 3 is 2.84 bits per heavy atom. The van der Waals surface area contributed by atoms with Gasteiger partial charge < -0.3 is 15.8 Å². The second kappa shape index (κ2) is 8.26. The van der Waals surface area contributed by atoms with Crippen molar-refractivity contribution >= 4 is 17.4 Å². The Kier molecular flexibility index (Phi) is 5.14. The van der Waals surface area contributed by atoms with Crippen LogP contribution in [0.25, 0.3) is 17.2 Å². The molecule has 3 aromatic heterocycles. The summed E-state index contributed by atoms with van der Waals surface area (Å²) in [5.41, 5.74) is 8.96. The van der Waals surface area contributed by atoms with Gasteiger partial charge in [-0.25, -0.2) is 4.98 Å². The first kappa shape index (κ1) is 19.9. The second-order valence-electron chi connectivity index (χ2n) is 7.73. The van der Waals surface area contributed by atoms with E-state index in [1.165, 1.54) is 0 Å². The molecular formula is C23H24N7O2+. The van der Waals surface area contributed by atoms with Gasteiger partial charge in [-0.3, -0.25) is 9.20 Å². The van der Waals surface area contributed by atoms with Crippen LogP contribution < -0.4 is 20.5 Å². The summed E-state index contributed by atoms with van der Waals surface area (Å²) in [6.07, 6.45) is 3.75. The van der Waals surface area contributed by atoms with Crippen LogP contribution in [-0.2, 0) is 13.1 Å². The van der Waals surface area contributed by atoms with Crippen LogP contribution in [0.5, 0.6) is 5.88 Å². The fraction of sp³-hybridized carbons (Fsp3) is 0.261. The monoisotopic (exact) mass is 430 g/mol. The van der Waals surface area contributed by atoms with Gasteiger partial charge in [0.05, 0.1) is 17.9 Å². The molecule has 0 atom stereocenters. The number of aryl methyl sites for hydroxylation is 2. The van der Waals surface area contributed by atoms with Crippen molar-refractivity contribution < 1.29 is 14.2 Å². The number of ether oxygens (including phenoxy) is 1. The Morgan fingerprint density at radius 2 is 2.03 bits per heavy atom. The summed E-state index contributed by atoms with van der Waals surface area (Å²) in [5, 5.41) is 8.20. The number of primary amides is 1. The number of rotatable bonds is 5. The molecule has 4 aromatic rings. The summed E-state index contributed by atoms with van der Waals surface area (Å²) in [6.45, 7) is 3.83. The third kappa shape index (κ3) is 3.62. The zero-order valence-electron chi connectivity index (χ0n) is 17.8. The molecule has 1 aliphatic heterocycles. The SMILES string of the molecule is Cc1nc2c(C(N)=O)cccn2c1-c1nc(NCc2ccccc2)c2[n+](n1)CCCCO2. The van der Waals surface area contributed by atoms with Crippen LogP contribution in [0.4, 0.5) is 5.82 Å². The van der Waals surface area contributed by atoms with Gasteiger partial charge in [0.25, 0.3) is 5.91 Å². The molecule has 162 valence electrons. The van der Waals surface area contributed by atoms with Crippen LogP contribution in [0.1, 0.15) is 34.5 Å². The van der Waals surface area contributed by atoms with Gasteiger partial charge in [-0.1, -0.05) is 30.3 Å². The standard InChI is InChI=1S/C23H23N7O2/c1-15-18(29-11-7-10-17(19(24)31)22(29)26-15)20-27-21(25-14-16-8-3-2-4-9-16)23-30(28-20)12-5-6-13-32-23/h2-4,7-11H,5-6,12-14H2,1H3,(H2-,24,25,27,28,31)/p+1. The van der Waals surface area contributed by atoms with Crippen molar-refractivity contribution in [3.63, 3.8) is 0 Å². The van der Waals surface area contributed by atoms with Gasteiger partial charge in [0.2, 0.25) is 11.6 Å². The van der Waals surface area contributed by atoms with Gasteiger partial charge in [-0.15, -0.1) is 0 Å². The Balaban J connectivity index is 1.63. The van der Waals surface area contributed by atoms with Crippen molar-refractivity contribution in [2.24, 2.45) is 5.73 Å². The van der Waals surface area contributed by atoms with Crippen molar-refractivity contribution in [1.82, 2.24) is 19.5 Å². The minimum absolute atomic E-state index is 0.357. The van der Waals surface area contributed by atoms with Gasteiger partial charge >= 0.3 is 5.88 Å². The average molecular weight is 430 g/mol. The summed E-state index contributed by atoms with van der Waals surface area (Å²) in [7, 11) is 0. The minimum Gasteiger partial charge on any atom is -0.440 e. The molecule has 0 bridgehead atoms. The number of hydrogen-bond acceptors (Lipinski definition) is 6. The van der Waals surface area contributed by atoms with Gasteiger partial charge in [0.15, 0.2) is 6.54 Å². The maximum atomic E-state index is 11.9. The van der Waals surface area contributed by atoms with E-state index >= 15 is 0 Å². The van der Waals surface area contributed by atoms with Crippen molar-refractivity contribution in [3.05, 3.63) is 65.5 Å². The van der Waals surface area contributed by atoms with Gasteiger partial charge in [-0.2, -0.15) is 4.98 Å². The van der Waals surface area contributed by atoms with Crippen LogP contribution >= 0.6 is 0 Å². The van der Waals surface area contributed by atoms with E-state index in [0.717, 1.165) is 24.9 Å². The molecular weight excluding hydrogens is 406 g/mol. The molecule has 9 heteroatoms. The summed E-state index contributed by atoms with van der Waals surface area (Å²) in [4.78, 5) is 21.3. The van der Waals surface area contributed by atoms with E-state index in [0.29, 0.717) is 53.3 Å². The first-order valence-corrected chi connectivity index (χ1v) is 10.6. The number of pyridine rings is 1. The highest BCUT2D eigenvalue weighted by molar-refractivity contribution is 5.99. The lowest BCUT2D eigenvalue weighted by atomic mass is 10.2. The molecule has 1 aliphatic rings. The number of anilines is 1. The zero-order valence-corrected chi connectivity index (χ0v) is 17.8. The highest BCUT2D eigenvalue weighted by Gasteiger charge is 2.29. The van der Waals surface area contributed by atoms with Crippen molar-refractivity contribution in [2.45, 2.75) is 32.9 Å². The van der Waals surface area contributed by atoms with Crippen LogP contribution in [0.2, 0.25) is 0 Å². The van der Waals surface area contributed by atoms with Crippen LogP contribution in [0.3, 0.4) is 0 Å². The third-order valence-corrected chi connectivity index (χ3v) is 5.48. The van der Waals surface area contributed by atoms with E-state index in [4.69, 9.17) is 20.6 Å². The number of hydrogen-bond donors (Lipinski definition) is 2. The number of imidazole rings is 1. The summed E-state index contributed by atoms with van der Waals surface area (Å²) < 4.78 is 9.68. The number of nitrogens with two attached hydrogens (primary N) is 1. The van der Waals surface area contributed by atoms with Gasteiger partial charge in [-0.05, 0) is 35.7 Å². The number of benzene rings is 1. The normalized spacial score (nSPS) is 13.3. The maximum Gasteiger partial charge on any atom is 0.437 e. The molecule has 0 unspecified atom stereocenters. The lowest BCUT2D eigenvalue weighted by Crippen LogP contribution is -2.40. The predicted octanol–water partition coefficient (Wildman–Crippen LogP) is 2.27. The highest BCUT2D eigenvalue weighted by Crippen LogP contribution is 2.27. The molecule has 5 rings (SSSR count). The van der Waals surface area contributed by atoms with Crippen LogP contribution in [0, 0.1) is 6.92 Å².